The summed E-state index contributed by atoms with van der Waals surface area (Å²) in [6.07, 6.45) is 1.07. The fourth-order valence-corrected chi connectivity index (χ4v) is 2.01. The highest BCUT2D eigenvalue weighted by Crippen LogP contribution is 2.19. The van der Waals surface area contributed by atoms with Crippen molar-refractivity contribution in [2.45, 2.75) is 33.5 Å². The molecule has 0 aliphatic carbocycles. The first-order valence-electron chi connectivity index (χ1n) is 8.11. The molecular formula is C16H21F3N3O6S+. The minimum absolute atomic E-state index is 0.0952. The van der Waals surface area contributed by atoms with E-state index in [2.05, 4.69) is 14.8 Å². The molecule has 0 bridgehead atoms. The maximum Gasteiger partial charge on any atom is 0.490 e. The molecule has 0 spiro atoms. The number of rotatable bonds is 5. The van der Waals surface area contributed by atoms with Gasteiger partial charge in [-0.25, -0.2) is 9.78 Å². The van der Waals surface area contributed by atoms with Crippen LogP contribution >= 0.6 is 0 Å². The summed E-state index contributed by atoms with van der Waals surface area (Å²) in [6.45, 7) is 4.90. The zero-order valence-corrected chi connectivity index (χ0v) is 16.7. The second-order valence-corrected chi connectivity index (χ2v) is 8.55. The molecule has 0 atom stereocenters. The number of alkyl halides is 3. The standard InChI is InChI=1S/C9H9N3O4S.C7H11F3O2/c13-17(14,15)4-3-12-2-1-8(5-11-12)9-6-16-7-10-9;1-6(2,3)4-12-5(11)7(8,9)10/h1-2,5-7H,3-4H2;4H2,1-3H3/p+1. The van der Waals surface area contributed by atoms with Gasteiger partial charge in [-0.1, -0.05) is 25.5 Å². The van der Waals surface area contributed by atoms with Gasteiger partial charge in [0.2, 0.25) is 0 Å². The van der Waals surface area contributed by atoms with Gasteiger partial charge in [0.15, 0.2) is 19.1 Å². The molecule has 13 heteroatoms. The number of hydrogen-bond donors (Lipinski definition) is 1. The number of aromatic nitrogens is 3. The Kier molecular flexibility index (Phi) is 8.26. The van der Waals surface area contributed by atoms with Crippen molar-refractivity contribution < 1.29 is 44.8 Å². The molecule has 0 aliphatic heterocycles. The van der Waals surface area contributed by atoms with Crippen LogP contribution in [0.3, 0.4) is 0 Å². The average Bonchev–Trinajstić information content (AvgIpc) is 3.11. The second-order valence-electron chi connectivity index (χ2n) is 6.97. The molecule has 2 aromatic heterocycles. The van der Waals surface area contributed by atoms with Crippen molar-refractivity contribution in [2.75, 3.05) is 12.4 Å². The zero-order chi connectivity index (χ0) is 22.3. The van der Waals surface area contributed by atoms with Crippen molar-refractivity contribution in [1.82, 2.24) is 10.1 Å². The van der Waals surface area contributed by atoms with E-state index in [0.717, 1.165) is 5.56 Å². The molecule has 0 fully saturated rings. The normalized spacial score (nSPS) is 12.1. The van der Waals surface area contributed by atoms with Crippen LogP contribution < -0.4 is 4.68 Å². The van der Waals surface area contributed by atoms with Crippen molar-refractivity contribution in [3.05, 3.63) is 31.1 Å². The molecule has 9 nitrogen and oxygen atoms in total. The third-order valence-electron chi connectivity index (χ3n) is 2.95. The predicted molar refractivity (Wildman–Crippen MR) is 92.8 cm³/mol. The molecule has 0 aliphatic rings. The summed E-state index contributed by atoms with van der Waals surface area (Å²) in [4.78, 5) is 14.1. The fourth-order valence-electron chi connectivity index (χ4n) is 1.60. The number of carbonyl (C=O) groups excluding carboxylic acids is 1. The number of aryl methyl sites for hydroxylation is 1. The number of nitrogens with zero attached hydrogens (tertiary/aromatic N) is 3. The number of oxazole rings is 1. The van der Waals surface area contributed by atoms with Gasteiger partial charge in [-0.05, 0) is 10.5 Å². The Balaban J connectivity index is 0.000000311. The van der Waals surface area contributed by atoms with Crippen LogP contribution in [0.2, 0.25) is 0 Å². The fraction of sp³-hybridized carbons (Fsp3) is 0.500. The molecule has 2 heterocycles. The van der Waals surface area contributed by atoms with E-state index in [9.17, 15) is 26.4 Å². The van der Waals surface area contributed by atoms with Crippen LogP contribution in [0.5, 0.6) is 0 Å². The lowest BCUT2D eigenvalue weighted by molar-refractivity contribution is -0.750. The third kappa shape index (κ3) is 10.5. The molecule has 2 aromatic rings. The van der Waals surface area contributed by atoms with Gasteiger partial charge in [0, 0.05) is 11.6 Å². The van der Waals surface area contributed by atoms with Crippen molar-refractivity contribution in [2.24, 2.45) is 5.41 Å². The summed E-state index contributed by atoms with van der Waals surface area (Å²) in [5.41, 5.74) is 0.974. The second kappa shape index (κ2) is 9.78. The quantitative estimate of drug-likeness (QED) is 0.426. The molecule has 0 unspecified atom stereocenters. The minimum atomic E-state index is -4.88. The number of halogens is 3. The van der Waals surface area contributed by atoms with E-state index in [-0.39, 0.29) is 18.9 Å². The Morgan fingerprint density at radius 1 is 1.31 bits per heavy atom. The largest absolute Gasteiger partial charge is 0.490 e. The third-order valence-corrected chi connectivity index (χ3v) is 3.64. The Morgan fingerprint density at radius 3 is 2.38 bits per heavy atom. The highest BCUT2D eigenvalue weighted by Gasteiger charge is 2.41. The van der Waals surface area contributed by atoms with Gasteiger partial charge in [0.1, 0.15) is 23.9 Å². The molecule has 0 aromatic carbocycles. The van der Waals surface area contributed by atoms with Gasteiger partial charge in [-0.3, -0.25) is 4.55 Å². The molecule has 162 valence electrons. The molecule has 29 heavy (non-hydrogen) atoms. The van der Waals surface area contributed by atoms with Crippen molar-refractivity contribution in [3.8, 4) is 11.3 Å². The highest BCUT2D eigenvalue weighted by atomic mass is 32.2. The molecular weight excluding hydrogens is 419 g/mol. The molecule has 0 saturated carbocycles. The van der Waals surface area contributed by atoms with E-state index >= 15 is 0 Å². The zero-order valence-electron chi connectivity index (χ0n) is 15.9. The topological polar surface area (TPSA) is 123 Å². The summed E-state index contributed by atoms with van der Waals surface area (Å²) >= 11 is 0. The first kappa shape index (κ1) is 24.5. The Hall–Kier alpha value is -2.54. The predicted octanol–water partition coefficient (Wildman–Crippen LogP) is 2.05. The summed E-state index contributed by atoms with van der Waals surface area (Å²) in [6, 6.07) is 1.73. The summed E-state index contributed by atoms with van der Waals surface area (Å²) in [5.74, 6) is -2.49. The first-order valence-corrected chi connectivity index (χ1v) is 9.72. The van der Waals surface area contributed by atoms with Crippen molar-refractivity contribution in [1.29, 1.82) is 0 Å². The van der Waals surface area contributed by atoms with Gasteiger partial charge < -0.3 is 9.15 Å². The number of hydrogen-bond acceptors (Lipinski definition) is 7. The SMILES string of the molecule is CC(C)(C)COC(=O)C(F)(F)F.O=S(=O)(O)CC[n+]1ccc(-c2cocn2)cn1. The van der Waals surface area contributed by atoms with Crippen LogP contribution in [0.4, 0.5) is 13.2 Å². The van der Waals surface area contributed by atoms with Crippen LogP contribution in [0.15, 0.2) is 35.5 Å². The van der Waals surface area contributed by atoms with Gasteiger partial charge in [0.05, 0.1) is 6.61 Å². The lowest BCUT2D eigenvalue weighted by Crippen LogP contribution is -2.40. The lowest BCUT2D eigenvalue weighted by atomic mass is 9.99. The van der Waals surface area contributed by atoms with E-state index in [1.807, 2.05) is 0 Å². The maximum absolute atomic E-state index is 11.5. The maximum atomic E-state index is 11.5. The lowest BCUT2D eigenvalue weighted by Gasteiger charge is -2.18. The number of esters is 1. The van der Waals surface area contributed by atoms with Gasteiger partial charge in [-0.2, -0.15) is 21.6 Å². The van der Waals surface area contributed by atoms with E-state index < -0.39 is 27.7 Å². The monoisotopic (exact) mass is 440 g/mol. The van der Waals surface area contributed by atoms with E-state index in [4.69, 9.17) is 8.97 Å². The molecule has 0 saturated heterocycles. The first-order chi connectivity index (χ1) is 13.2. The highest BCUT2D eigenvalue weighted by molar-refractivity contribution is 7.85. The minimum Gasteiger partial charge on any atom is -0.458 e. The van der Waals surface area contributed by atoms with Crippen LogP contribution in [0.1, 0.15) is 20.8 Å². The van der Waals surface area contributed by atoms with Crippen LogP contribution in [0, 0.1) is 5.41 Å². The Labute approximate surface area is 165 Å². The summed E-state index contributed by atoms with van der Waals surface area (Å²) in [7, 11) is -3.96. The van der Waals surface area contributed by atoms with E-state index in [1.165, 1.54) is 17.3 Å². The van der Waals surface area contributed by atoms with Crippen molar-refractivity contribution in [3.63, 3.8) is 0 Å². The van der Waals surface area contributed by atoms with E-state index in [1.54, 1.807) is 39.2 Å². The number of ether oxygens (including phenoxy) is 1. The van der Waals surface area contributed by atoms with Crippen LogP contribution in [-0.4, -0.2) is 47.6 Å². The number of carbonyl (C=O) groups is 1. The molecule has 1 N–H and O–H groups in total. The summed E-state index contributed by atoms with van der Waals surface area (Å²) < 4.78 is 74.6. The Morgan fingerprint density at radius 2 is 1.97 bits per heavy atom. The average molecular weight is 440 g/mol. The van der Waals surface area contributed by atoms with Gasteiger partial charge >= 0.3 is 12.1 Å². The molecule has 2 rings (SSSR count). The van der Waals surface area contributed by atoms with Crippen LogP contribution in [0.25, 0.3) is 11.3 Å². The van der Waals surface area contributed by atoms with Crippen molar-refractivity contribution >= 4 is 16.1 Å². The smallest absolute Gasteiger partial charge is 0.458 e. The molecule has 0 radical (unpaired) electrons. The Bertz CT molecular complexity index is 876. The summed E-state index contributed by atoms with van der Waals surface area (Å²) in [5, 5.41) is 4.00. The van der Waals surface area contributed by atoms with Crippen LogP contribution in [-0.2, 0) is 26.2 Å². The molecule has 0 amide bonds. The van der Waals surface area contributed by atoms with Gasteiger partial charge in [-0.15, -0.1) is 0 Å². The van der Waals surface area contributed by atoms with E-state index in [0.29, 0.717) is 5.69 Å². The van der Waals surface area contributed by atoms with Gasteiger partial charge in [0.25, 0.3) is 10.1 Å².